The number of aromatic nitrogens is 2. The Morgan fingerprint density at radius 1 is 1.25 bits per heavy atom. The van der Waals surface area contributed by atoms with Crippen LogP contribution in [0.1, 0.15) is 21.6 Å². The van der Waals surface area contributed by atoms with E-state index in [1.165, 1.54) is 4.90 Å². The Bertz CT molecular complexity index is 820. The summed E-state index contributed by atoms with van der Waals surface area (Å²) in [7, 11) is 0. The number of hydrogen-bond donors (Lipinski definition) is 1. The molecule has 0 saturated heterocycles. The van der Waals surface area contributed by atoms with Gasteiger partial charge in [-0.3, -0.25) is 0 Å². The number of alkyl halides is 3. The van der Waals surface area contributed by atoms with E-state index in [-0.39, 0.29) is 18.9 Å². The maximum atomic E-state index is 13.0. The first-order valence-electron chi connectivity index (χ1n) is 6.78. The van der Waals surface area contributed by atoms with E-state index in [9.17, 15) is 23.1 Å². The first-order valence-corrected chi connectivity index (χ1v) is 7.54. The molecule has 3 rings (SSSR count). The van der Waals surface area contributed by atoms with Crippen LogP contribution in [0.2, 0.25) is 10.0 Å². The Morgan fingerprint density at radius 3 is 2.54 bits per heavy atom. The predicted octanol–water partition coefficient (Wildman–Crippen LogP) is 3.93. The molecule has 0 fully saturated rings. The van der Waals surface area contributed by atoms with Crippen molar-refractivity contribution in [2.45, 2.75) is 19.3 Å². The molecule has 5 nitrogen and oxygen atoms in total. The van der Waals surface area contributed by atoms with Gasteiger partial charge in [-0.1, -0.05) is 29.3 Å². The van der Waals surface area contributed by atoms with Crippen LogP contribution in [0.25, 0.3) is 0 Å². The molecule has 1 N–H and O–H groups in total. The van der Waals surface area contributed by atoms with Crippen molar-refractivity contribution in [3.63, 3.8) is 0 Å². The van der Waals surface area contributed by atoms with Crippen LogP contribution in [-0.2, 0) is 19.3 Å². The molecule has 10 heteroatoms. The van der Waals surface area contributed by atoms with Gasteiger partial charge in [0.25, 0.3) is 0 Å². The Morgan fingerprint density at radius 2 is 1.96 bits per heavy atom. The Labute approximate surface area is 144 Å². The summed E-state index contributed by atoms with van der Waals surface area (Å²) in [5.74, 6) is -1.72. The lowest BCUT2D eigenvalue weighted by molar-refractivity contribution is -0.142. The summed E-state index contributed by atoms with van der Waals surface area (Å²) in [6.07, 6.45) is -4.83. The van der Waals surface area contributed by atoms with Crippen LogP contribution in [0.3, 0.4) is 0 Å². The second kappa shape index (κ2) is 5.86. The van der Waals surface area contributed by atoms with E-state index in [1.54, 1.807) is 18.2 Å². The van der Waals surface area contributed by atoms with Crippen LogP contribution in [-0.4, -0.2) is 27.4 Å². The number of rotatable bonds is 3. The minimum atomic E-state index is -4.83. The van der Waals surface area contributed by atoms with E-state index in [0.29, 0.717) is 22.2 Å². The molecule has 0 radical (unpaired) electrons. The van der Waals surface area contributed by atoms with E-state index in [1.807, 2.05) is 0 Å². The highest BCUT2D eigenvalue weighted by Gasteiger charge is 2.44. The van der Waals surface area contributed by atoms with Crippen LogP contribution >= 0.6 is 23.2 Å². The number of fused-ring (bicyclic) bond motifs is 1. The van der Waals surface area contributed by atoms with Gasteiger partial charge >= 0.3 is 12.1 Å². The number of carboxylic acid groups (broad SMARTS) is 1. The van der Waals surface area contributed by atoms with Crippen molar-refractivity contribution in [2.75, 3.05) is 11.4 Å². The quantitative estimate of drug-likeness (QED) is 0.877. The zero-order valence-electron chi connectivity index (χ0n) is 11.9. The van der Waals surface area contributed by atoms with Gasteiger partial charge in [0.2, 0.25) is 0 Å². The molecule has 0 saturated carbocycles. The normalized spacial score (nSPS) is 14.1. The van der Waals surface area contributed by atoms with Crippen LogP contribution in [0.15, 0.2) is 18.2 Å². The number of halogens is 5. The van der Waals surface area contributed by atoms with Gasteiger partial charge in [-0.05, 0) is 17.7 Å². The van der Waals surface area contributed by atoms with Gasteiger partial charge in [0.05, 0.1) is 16.6 Å². The standard InChI is InChI=1S/C14H10Cl2F3N3O2/c15-8-2-1-7(5-9(8)16)6-21-3-4-22-12(21)10(13(23)24)11(20-22)14(17,18)19/h1-2,5H,3-4,6H2,(H,23,24). The van der Waals surface area contributed by atoms with Crippen molar-refractivity contribution in [1.29, 1.82) is 0 Å². The molecular formula is C14H10Cl2F3N3O2. The molecule has 0 atom stereocenters. The number of carboxylic acids is 1. The van der Waals surface area contributed by atoms with Gasteiger partial charge in [-0.2, -0.15) is 18.3 Å². The van der Waals surface area contributed by atoms with Gasteiger partial charge in [0, 0.05) is 13.1 Å². The minimum absolute atomic E-state index is 0.0547. The second-order valence-corrected chi connectivity index (χ2v) is 6.06. The van der Waals surface area contributed by atoms with Crippen molar-refractivity contribution >= 4 is 35.0 Å². The van der Waals surface area contributed by atoms with E-state index >= 15 is 0 Å². The lowest BCUT2D eigenvalue weighted by Crippen LogP contribution is -2.23. The van der Waals surface area contributed by atoms with Crippen LogP contribution in [0.4, 0.5) is 19.0 Å². The average molecular weight is 380 g/mol. The summed E-state index contributed by atoms with van der Waals surface area (Å²) in [4.78, 5) is 12.9. The molecule has 2 aromatic rings. The lowest BCUT2D eigenvalue weighted by Gasteiger charge is -2.18. The fourth-order valence-corrected chi connectivity index (χ4v) is 2.98. The molecule has 24 heavy (non-hydrogen) atoms. The van der Waals surface area contributed by atoms with Crippen LogP contribution < -0.4 is 4.90 Å². The van der Waals surface area contributed by atoms with E-state index < -0.39 is 23.4 Å². The van der Waals surface area contributed by atoms with E-state index in [0.717, 1.165) is 4.68 Å². The molecule has 2 heterocycles. The molecule has 128 valence electrons. The molecule has 0 aliphatic carbocycles. The molecule has 1 aromatic carbocycles. The summed E-state index contributed by atoms with van der Waals surface area (Å²) in [5.41, 5.74) is -1.52. The fraction of sp³-hybridized carbons (Fsp3) is 0.286. The molecule has 1 aromatic heterocycles. The number of benzene rings is 1. The molecular weight excluding hydrogens is 370 g/mol. The Kier molecular flexibility index (Phi) is 4.13. The smallest absolute Gasteiger partial charge is 0.436 e. The third kappa shape index (κ3) is 2.91. The number of anilines is 1. The van der Waals surface area contributed by atoms with Crippen molar-refractivity contribution < 1.29 is 23.1 Å². The lowest BCUT2D eigenvalue weighted by atomic mass is 10.2. The van der Waals surface area contributed by atoms with E-state index in [4.69, 9.17) is 23.2 Å². The highest BCUT2D eigenvalue weighted by Crippen LogP contribution is 2.38. The number of aromatic carboxylic acids is 1. The topological polar surface area (TPSA) is 58.4 Å². The van der Waals surface area contributed by atoms with Gasteiger partial charge < -0.3 is 10.0 Å². The van der Waals surface area contributed by atoms with Crippen molar-refractivity contribution in [1.82, 2.24) is 9.78 Å². The second-order valence-electron chi connectivity index (χ2n) is 5.24. The summed E-state index contributed by atoms with van der Waals surface area (Å²) in [6.45, 7) is 0.716. The first kappa shape index (κ1) is 16.9. The van der Waals surface area contributed by atoms with Crippen LogP contribution in [0.5, 0.6) is 0 Å². The summed E-state index contributed by atoms with van der Waals surface area (Å²) >= 11 is 11.8. The fourth-order valence-electron chi connectivity index (χ4n) is 2.66. The summed E-state index contributed by atoms with van der Waals surface area (Å²) in [5, 5.41) is 13.3. The van der Waals surface area contributed by atoms with Crippen molar-refractivity contribution in [2.24, 2.45) is 0 Å². The molecule has 1 aliphatic heterocycles. The van der Waals surface area contributed by atoms with Gasteiger partial charge in [0.15, 0.2) is 5.69 Å². The summed E-state index contributed by atoms with van der Waals surface area (Å²) < 4.78 is 40.1. The minimum Gasteiger partial charge on any atom is -0.477 e. The van der Waals surface area contributed by atoms with E-state index in [2.05, 4.69) is 5.10 Å². The van der Waals surface area contributed by atoms with Gasteiger partial charge in [0.1, 0.15) is 11.4 Å². The Balaban J connectivity index is 2.00. The average Bonchev–Trinajstić information content (AvgIpc) is 3.02. The van der Waals surface area contributed by atoms with Crippen molar-refractivity contribution in [3.05, 3.63) is 45.1 Å². The van der Waals surface area contributed by atoms with Gasteiger partial charge in [-0.25, -0.2) is 9.48 Å². The zero-order chi connectivity index (χ0) is 17.6. The third-order valence-corrected chi connectivity index (χ3v) is 4.39. The van der Waals surface area contributed by atoms with Crippen molar-refractivity contribution in [3.8, 4) is 0 Å². The highest BCUT2D eigenvalue weighted by molar-refractivity contribution is 6.42. The number of carbonyl (C=O) groups is 1. The molecule has 0 bridgehead atoms. The van der Waals surface area contributed by atoms with Crippen LogP contribution in [0, 0.1) is 0 Å². The molecule has 0 spiro atoms. The van der Waals surface area contributed by atoms with Gasteiger partial charge in [-0.15, -0.1) is 0 Å². The number of hydrogen-bond acceptors (Lipinski definition) is 3. The first-order chi connectivity index (χ1) is 11.2. The SMILES string of the molecule is O=C(O)c1c(C(F)(F)F)nn2c1N(Cc1ccc(Cl)c(Cl)c1)CC2. The molecule has 1 aliphatic rings. The molecule has 0 unspecified atom stereocenters. The largest absolute Gasteiger partial charge is 0.477 e. The maximum absolute atomic E-state index is 13.0. The number of nitrogens with zero attached hydrogens (tertiary/aromatic N) is 3. The summed E-state index contributed by atoms with van der Waals surface area (Å²) in [6, 6.07) is 4.85. The monoisotopic (exact) mass is 379 g/mol. The third-order valence-electron chi connectivity index (χ3n) is 3.65. The highest BCUT2D eigenvalue weighted by atomic mass is 35.5. The molecule has 0 amide bonds. The Hall–Kier alpha value is -1.93. The maximum Gasteiger partial charge on any atom is 0.436 e. The predicted molar refractivity (Wildman–Crippen MR) is 81.7 cm³/mol. The zero-order valence-corrected chi connectivity index (χ0v) is 13.5.